The first-order valence-corrected chi connectivity index (χ1v) is 12.5. The largest absolute Gasteiger partial charge is 0.507 e. The number of aliphatic hydroxyl groups excluding tert-OH is 1. The highest BCUT2D eigenvalue weighted by molar-refractivity contribution is 6.46. The van der Waals surface area contributed by atoms with E-state index >= 15 is 0 Å². The number of carbonyl (C=O) groups is 2. The SMILES string of the molecule is COc1ccc(C(O)=C2C(=O)C(=O)N(CCc3c[nH]c4ccccc34)[C@H]2c2ccc(C(C)C)cc2)cc1. The summed E-state index contributed by atoms with van der Waals surface area (Å²) in [4.78, 5) is 31.5. The number of para-hydroxylation sites is 1. The lowest BCUT2D eigenvalue weighted by molar-refractivity contribution is -0.139. The van der Waals surface area contributed by atoms with Gasteiger partial charge >= 0.3 is 0 Å². The van der Waals surface area contributed by atoms with E-state index in [-0.39, 0.29) is 11.3 Å². The maximum atomic E-state index is 13.3. The van der Waals surface area contributed by atoms with Crippen molar-refractivity contribution in [1.29, 1.82) is 0 Å². The van der Waals surface area contributed by atoms with Crippen LogP contribution in [0.4, 0.5) is 0 Å². The quantitative estimate of drug-likeness (QED) is 0.189. The minimum atomic E-state index is -0.687. The number of likely N-dealkylation sites (tertiary alicyclic amines) is 1. The third kappa shape index (κ3) is 4.51. The van der Waals surface area contributed by atoms with Gasteiger partial charge in [0.25, 0.3) is 11.7 Å². The van der Waals surface area contributed by atoms with Gasteiger partial charge in [0.2, 0.25) is 0 Å². The maximum Gasteiger partial charge on any atom is 0.295 e. The first-order valence-electron chi connectivity index (χ1n) is 12.5. The monoisotopic (exact) mass is 494 g/mol. The van der Waals surface area contributed by atoms with Gasteiger partial charge in [0.05, 0.1) is 18.7 Å². The molecule has 1 aromatic heterocycles. The molecule has 1 aliphatic rings. The van der Waals surface area contributed by atoms with Gasteiger partial charge in [-0.05, 0) is 59.4 Å². The molecule has 1 saturated heterocycles. The second-order valence-corrected chi connectivity index (χ2v) is 9.65. The van der Waals surface area contributed by atoms with Crippen LogP contribution in [0.25, 0.3) is 16.7 Å². The standard InChI is InChI=1S/C31H30N2O4/c1-19(2)20-8-10-21(11-9-20)28-27(29(34)22-12-14-24(37-3)15-13-22)30(35)31(36)33(28)17-16-23-18-32-26-7-5-4-6-25(23)26/h4-15,18-19,28,32,34H,16-17H2,1-3H3/t28-/m0/s1. The first kappa shape index (κ1) is 24.4. The number of benzene rings is 3. The molecule has 1 amide bonds. The number of aliphatic hydroxyl groups is 1. The zero-order valence-corrected chi connectivity index (χ0v) is 21.2. The summed E-state index contributed by atoms with van der Waals surface area (Å²) >= 11 is 0. The number of hydrogen-bond acceptors (Lipinski definition) is 4. The molecular formula is C31H30N2O4. The number of carbonyl (C=O) groups excluding carboxylic acids is 2. The number of ketones is 1. The molecule has 1 atom stereocenters. The minimum absolute atomic E-state index is 0.103. The third-order valence-corrected chi connectivity index (χ3v) is 7.12. The normalized spacial score (nSPS) is 17.2. The van der Waals surface area contributed by atoms with E-state index in [1.807, 2.05) is 54.7 Å². The van der Waals surface area contributed by atoms with Gasteiger partial charge in [-0.1, -0.05) is 56.3 Å². The van der Waals surface area contributed by atoms with E-state index in [1.165, 1.54) is 0 Å². The van der Waals surface area contributed by atoms with Crippen molar-refractivity contribution in [2.45, 2.75) is 32.2 Å². The summed E-state index contributed by atoms with van der Waals surface area (Å²) in [5.74, 6) is -0.482. The molecular weight excluding hydrogens is 464 g/mol. The second kappa shape index (κ2) is 9.97. The van der Waals surface area contributed by atoms with Crippen molar-refractivity contribution in [3.05, 3.63) is 107 Å². The fraction of sp³-hybridized carbons (Fsp3) is 0.226. The predicted octanol–water partition coefficient (Wildman–Crippen LogP) is 5.96. The van der Waals surface area contributed by atoms with Crippen LogP contribution in [0.2, 0.25) is 0 Å². The molecule has 0 bridgehead atoms. The predicted molar refractivity (Wildman–Crippen MR) is 145 cm³/mol. The van der Waals surface area contributed by atoms with Crippen molar-refractivity contribution < 1.29 is 19.4 Å². The Balaban J connectivity index is 1.56. The molecule has 2 N–H and O–H groups in total. The van der Waals surface area contributed by atoms with Gasteiger partial charge < -0.3 is 19.7 Å². The van der Waals surface area contributed by atoms with Crippen LogP contribution in [-0.4, -0.2) is 40.3 Å². The van der Waals surface area contributed by atoms with Crippen LogP contribution >= 0.6 is 0 Å². The van der Waals surface area contributed by atoms with E-state index < -0.39 is 17.7 Å². The molecule has 4 aromatic rings. The van der Waals surface area contributed by atoms with Crippen molar-refractivity contribution in [3.63, 3.8) is 0 Å². The van der Waals surface area contributed by atoms with E-state index in [1.54, 1.807) is 36.3 Å². The van der Waals surface area contributed by atoms with E-state index in [4.69, 9.17) is 4.74 Å². The summed E-state index contributed by atoms with van der Waals surface area (Å²) in [7, 11) is 1.56. The van der Waals surface area contributed by atoms with Crippen molar-refractivity contribution in [2.75, 3.05) is 13.7 Å². The summed E-state index contributed by atoms with van der Waals surface area (Å²) < 4.78 is 5.22. The first-order chi connectivity index (χ1) is 17.9. The molecule has 3 aromatic carbocycles. The Morgan fingerprint density at radius 3 is 2.38 bits per heavy atom. The Hall–Kier alpha value is -4.32. The summed E-state index contributed by atoms with van der Waals surface area (Å²) in [5.41, 5.74) is 4.61. The topological polar surface area (TPSA) is 82.6 Å². The highest BCUT2D eigenvalue weighted by Gasteiger charge is 2.45. The Labute approximate surface area is 216 Å². The summed E-state index contributed by atoms with van der Waals surface area (Å²) in [6.45, 7) is 4.57. The van der Waals surface area contributed by atoms with Gasteiger partial charge in [0.1, 0.15) is 11.5 Å². The van der Waals surface area contributed by atoms with Gasteiger partial charge in [-0.3, -0.25) is 9.59 Å². The maximum absolute atomic E-state index is 13.3. The number of aromatic nitrogens is 1. The molecule has 1 fully saturated rings. The number of H-pyrrole nitrogens is 1. The number of Topliss-reactive ketones (excluding diaryl/α,β-unsaturated/α-hetero) is 1. The zero-order chi connectivity index (χ0) is 26.1. The van der Waals surface area contributed by atoms with Crippen LogP contribution in [0.5, 0.6) is 5.75 Å². The zero-order valence-electron chi connectivity index (χ0n) is 21.2. The Bertz CT molecular complexity index is 1480. The molecule has 37 heavy (non-hydrogen) atoms. The number of ether oxygens (including phenoxy) is 1. The fourth-order valence-electron chi connectivity index (χ4n) is 5.00. The smallest absolute Gasteiger partial charge is 0.295 e. The van der Waals surface area contributed by atoms with Crippen LogP contribution in [0.3, 0.4) is 0 Å². The van der Waals surface area contributed by atoms with E-state index in [9.17, 15) is 14.7 Å². The molecule has 6 heteroatoms. The fourth-order valence-corrected chi connectivity index (χ4v) is 5.00. The molecule has 1 aliphatic heterocycles. The van der Waals surface area contributed by atoms with Crippen molar-refractivity contribution in [2.24, 2.45) is 0 Å². The molecule has 0 saturated carbocycles. The lowest BCUT2D eigenvalue weighted by atomic mass is 9.93. The second-order valence-electron chi connectivity index (χ2n) is 9.65. The number of nitrogens with zero attached hydrogens (tertiary/aromatic N) is 1. The molecule has 188 valence electrons. The average Bonchev–Trinajstić information content (AvgIpc) is 3.45. The highest BCUT2D eigenvalue weighted by Crippen LogP contribution is 2.40. The third-order valence-electron chi connectivity index (χ3n) is 7.12. The number of amides is 1. The number of aromatic amines is 1. The van der Waals surface area contributed by atoms with Gasteiger partial charge in [-0.2, -0.15) is 0 Å². The Kier molecular flexibility index (Phi) is 6.57. The molecule has 0 spiro atoms. The Morgan fingerprint density at radius 1 is 1.00 bits per heavy atom. The van der Waals surface area contributed by atoms with Gasteiger partial charge in [-0.15, -0.1) is 0 Å². The average molecular weight is 495 g/mol. The highest BCUT2D eigenvalue weighted by atomic mass is 16.5. The van der Waals surface area contributed by atoms with Gasteiger partial charge in [-0.25, -0.2) is 0 Å². The van der Waals surface area contributed by atoms with Crippen LogP contribution in [-0.2, 0) is 16.0 Å². The van der Waals surface area contributed by atoms with Crippen molar-refractivity contribution >= 4 is 28.4 Å². The summed E-state index contributed by atoms with van der Waals surface area (Å²) in [5, 5.41) is 12.4. The summed E-state index contributed by atoms with van der Waals surface area (Å²) in [6, 6.07) is 22.1. The molecule has 2 heterocycles. The van der Waals surface area contributed by atoms with Crippen LogP contribution in [0.15, 0.2) is 84.6 Å². The molecule has 6 nitrogen and oxygen atoms in total. The number of nitrogens with one attached hydrogen (secondary N) is 1. The van der Waals surface area contributed by atoms with E-state index in [0.29, 0.717) is 30.2 Å². The molecule has 5 rings (SSSR count). The number of fused-ring (bicyclic) bond motifs is 1. The molecule has 0 radical (unpaired) electrons. The van der Waals surface area contributed by atoms with Crippen LogP contribution in [0.1, 0.15) is 48.1 Å². The minimum Gasteiger partial charge on any atom is -0.507 e. The van der Waals surface area contributed by atoms with Crippen LogP contribution < -0.4 is 4.74 Å². The van der Waals surface area contributed by atoms with Gasteiger partial charge in [0.15, 0.2) is 0 Å². The van der Waals surface area contributed by atoms with E-state index in [0.717, 1.165) is 27.6 Å². The molecule has 0 aliphatic carbocycles. The number of hydrogen-bond donors (Lipinski definition) is 2. The lowest BCUT2D eigenvalue weighted by Crippen LogP contribution is -2.31. The number of rotatable bonds is 7. The van der Waals surface area contributed by atoms with Gasteiger partial charge in [0, 0.05) is 29.2 Å². The molecule has 0 unspecified atom stereocenters. The lowest BCUT2D eigenvalue weighted by Gasteiger charge is -2.25. The number of methoxy groups -OCH3 is 1. The van der Waals surface area contributed by atoms with Crippen LogP contribution in [0, 0.1) is 0 Å². The Morgan fingerprint density at radius 2 is 1.70 bits per heavy atom. The summed E-state index contributed by atoms with van der Waals surface area (Å²) in [6.07, 6.45) is 2.52. The van der Waals surface area contributed by atoms with Crippen molar-refractivity contribution in [1.82, 2.24) is 9.88 Å². The van der Waals surface area contributed by atoms with Crippen molar-refractivity contribution in [3.8, 4) is 5.75 Å². The van der Waals surface area contributed by atoms with E-state index in [2.05, 4.69) is 18.8 Å².